The zero-order valence-electron chi connectivity index (χ0n) is 7.19. The van der Waals surface area contributed by atoms with Crippen LogP contribution in [-0.2, 0) is 4.79 Å². The first-order valence-electron chi connectivity index (χ1n) is 3.77. The summed E-state index contributed by atoms with van der Waals surface area (Å²) in [6.07, 6.45) is 4.18. The molecule has 1 heterocycles. The summed E-state index contributed by atoms with van der Waals surface area (Å²) >= 11 is 0. The number of aromatic nitrogens is 1. The molecule has 1 aromatic heterocycles. The van der Waals surface area contributed by atoms with Crippen molar-refractivity contribution in [3.05, 3.63) is 30.0 Å². The maximum Gasteiger partial charge on any atom is 0.328 e. The highest BCUT2D eigenvalue weighted by molar-refractivity contribution is 5.85. The van der Waals surface area contributed by atoms with Gasteiger partial charge in [0.2, 0.25) is 0 Å². The van der Waals surface area contributed by atoms with Crippen LogP contribution in [0, 0.1) is 0 Å². The molecule has 68 valence electrons. The molecule has 1 aromatic rings. The molecular weight excluding hydrogens is 168 g/mol. The van der Waals surface area contributed by atoms with Crippen molar-refractivity contribution in [2.45, 2.75) is 0 Å². The number of carboxylic acid groups (broad SMARTS) is 1. The predicted molar refractivity (Wildman–Crippen MR) is 50.5 cm³/mol. The largest absolute Gasteiger partial charge is 0.478 e. The highest BCUT2D eigenvalue weighted by Gasteiger charge is 1.91. The van der Waals surface area contributed by atoms with Crippen LogP contribution in [0.25, 0.3) is 6.08 Å². The molecule has 4 nitrogen and oxygen atoms in total. The van der Waals surface area contributed by atoms with E-state index in [4.69, 9.17) is 5.11 Å². The number of carboxylic acids is 1. The molecule has 0 radical (unpaired) electrons. The van der Waals surface area contributed by atoms with Crippen molar-refractivity contribution in [1.82, 2.24) is 4.98 Å². The van der Waals surface area contributed by atoms with E-state index in [0.29, 0.717) is 0 Å². The molecule has 2 N–H and O–H groups in total. The average Bonchev–Trinajstić information content (AvgIpc) is 2.15. The summed E-state index contributed by atoms with van der Waals surface area (Å²) < 4.78 is 0. The highest BCUT2D eigenvalue weighted by atomic mass is 16.4. The van der Waals surface area contributed by atoms with Crippen LogP contribution in [0.1, 0.15) is 5.56 Å². The Morgan fingerprint density at radius 2 is 2.38 bits per heavy atom. The van der Waals surface area contributed by atoms with Crippen LogP contribution < -0.4 is 5.32 Å². The van der Waals surface area contributed by atoms with Crippen LogP contribution in [0.4, 0.5) is 5.82 Å². The first-order chi connectivity index (χ1) is 6.22. The van der Waals surface area contributed by atoms with E-state index >= 15 is 0 Å². The summed E-state index contributed by atoms with van der Waals surface area (Å²) in [6, 6.07) is 3.57. The lowest BCUT2D eigenvalue weighted by molar-refractivity contribution is -0.131. The van der Waals surface area contributed by atoms with Gasteiger partial charge in [0.05, 0.1) is 0 Å². The zero-order valence-corrected chi connectivity index (χ0v) is 7.19. The normalized spacial score (nSPS) is 10.2. The van der Waals surface area contributed by atoms with Crippen molar-refractivity contribution in [1.29, 1.82) is 0 Å². The fourth-order valence-corrected chi connectivity index (χ4v) is 0.819. The van der Waals surface area contributed by atoms with Crippen molar-refractivity contribution in [2.24, 2.45) is 0 Å². The van der Waals surface area contributed by atoms with E-state index in [-0.39, 0.29) is 0 Å². The van der Waals surface area contributed by atoms with Gasteiger partial charge in [-0.25, -0.2) is 9.78 Å². The van der Waals surface area contributed by atoms with E-state index in [1.54, 1.807) is 25.4 Å². The Bertz CT molecular complexity index is 317. The lowest BCUT2D eigenvalue weighted by Gasteiger charge is -1.97. The minimum absolute atomic E-state index is 0.757. The van der Waals surface area contributed by atoms with Gasteiger partial charge in [-0.3, -0.25) is 0 Å². The fraction of sp³-hybridized carbons (Fsp3) is 0.111. The topological polar surface area (TPSA) is 62.2 Å². The molecule has 0 aliphatic carbocycles. The van der Waals surface area contributed by atoms with Crippen LogP contribution in [0.2, 0.25) is 0 Å². The molecule has 0 atom stereocenters. The lowest BCUT2D eigenvalue weighted by atomic mass is 10.2. The number of anilines is 1. The van der Waals surface area contributed by atoms with Crippen LogP contribution in [0.15, 0.2) is 24.4 Å². The summed E-state index contributed by atoms with van der Waals surface area (Å²) in [6.45, 7) is 0. The van der Waals surface area contributed by atoms with Gasteiger partial charge < -0.3 is 10.4 Å². The summed E-state index contributed by atoms with van der Waals surface area (Å²) in [5.41, 5.74) is 0.765. The third-order valence-corrected chi connectivity index (χ3v) is 1.46. The smallest absolute Gasteiger partial charge is 0.328 e. The Kier molecular flexibility index (Phi) is 3.03. The number of aliphatic carboxylic acids is 1. The quantitative estimate of drug-likeness (QED) is 0.683. The van der Waals surface area contributed by atoms with E-state index in [1.807, 2.05) is 0 Å². The molecule has 0 saturated heterocycles. The van der Waals surface area contributed by atoms with Gasteiger partial charge in [0.15, 0.2) is 0 Å². The fourth-order valence-electron chi connectivity index (χ4n) is 0.819. The van der Waals surface area contributed by atoms with Crippen molar-refractivity contribution in [3.8, 4) is 0 Å². The van der Waals surface area contributed by atoms with E-state index in [2.05, 4.69) is 10.3 Å². The van der Waals surface area contributed by atoms with Crippen molar-refractivity contribution >= 4 is 17.9 Å². The molecular formula is C9H10N2O2. The number of rotatable bonds is 3. The Labute approximate surface area is 75.9 Å². The number of hydrogen-bond donors (Lipinski definition) is 2. The van der Waals surface area contributed by atoms with Gasteiger partial charge in [0.1, 0.15) is 5.82 Å². The van der Waals surface area contributed by atoms with E-state index in [0.717, 1.165) is 17.5 Å². The van der Waals surface area contributed by atoms with Crippen LogP contribution in [-0.4, -0.2) is 23.1 Å². The van der Waals surface area contributed by atoms with Crippen LogP contribution in [0.3, 0.4) is 0 Å². The van der Waals surface area contributed by atoms with Crippen LogP contribution >= 0.6 is 0 Å². The van der Waals surface area contributed by atoms with Crippen LogP contribution in [0.5, 0.6) is 0 Å². The minimum Gasteiger partial charge on any atom is -0.478 e. The molecule has 0 aromatic carbocycles. The maximum absolute atomic E-state index is 10.2. The summed E-state index contributed by atoms with van der Waals surface area (Å²) in [5.74, 6) is -0.204. The molecule has 0 aliphatic rings. The Balaban J connectivity index is 2.75. The number of nitrogens with one attached hydrogen (secondary N) is 1. The second-order valence-electron chi connectivity index (χ2n) is 2.40. The van der Waals surface area contributed by atoms with Crippen molar-refractivity contribution < 1.29 is 9.90 Å². The van der Waals surface area contributed by atoms with Gasteiger partial charge in [-0.1, -0.05) is 0 Å². The molecule has 0 fully saturated rings. The highest BCUT2D eigenvalue weighted by Crippen LogP contribution is 2.05. The first-order valence-corrected chi connectivity index (χ1v) is 3.77. The Morgan fingerprint density at radius 1 is 1.62 bits per heavy atom. The number of nitrogens with zero attached hydrogens (tertiary/aromatic N) is 1. The number of hydrogen-bond acceptors (Lipinski definition) is 3. The third-order valence-electron chi connectivity index (χ3n) is 1.46. The van der Waals surface area contributed by atoms with Gasteiger partial charge in [-0.05, 0) is 23.8 Å². The van der Waals surface area contributed by atoms with Crippen molar-refractivity contribution in [2.75, 3.05) is 12.4 Å². The SMILES string of the molecule is CNc1ccc(/C=C/C(=O)O)cn1. The van der Waals surface area contributed by atoms with Gasteiger partial charge >= 0.3 is 5.97 Å². The monoisotopic (exact) mass is 178 g/mol. The van der Waals surface area contributed by atoms with Gasteiger partial charge in [0.25, 0.3) is 0 Å². The first kappa shape index (κ1) is 9.25. The molecule has 1 rings (SSSR count). The van der Waals surface area contributed by atoms with E-state index in [9.17, 15) is 4.79 Å². The van der Waals surface area contributed by atoms with E-state index in [1.165, 1.54) is 6.08 Å². The third kappa shape index (κ3) is 2.94. The second kappa shape index (κ2) is 4.25. The van der Waals surface area contributed by atoms with Gasteiger partial charge in [0, 0.05) is 19.3 Å². The second-order valence-corrected chi connectivity index (χ2v) is 2.40. The molecule has 0 bridgehead atoms. The Hall–Kier alpha value is -1.84. The predicted octanol–water partition coefficient (Wildman–Crippen LogP) is 1.22. The zero-order chi connectivity index (χ0) is 9.68. The molecule has 0 aliphatic heterocycles. The van der Waals surface area contributed by atoms with Crippen molar-refractivity contribution in [3.63, 3.8) is 0 Å². The lowest BCUT2D eigenvalue weighted by Crippen LogP contribution is -1.91. The summed E-state index contributed by atoms with van der Waals surface area (Å²) in [5, 5.41) is 11.2. The van der Waals surface area contributed by atoms with E-state index < -0.39 is 5.97 Å². The van der Waals surface area contributed by atoms with Gasteiger partial charge in [-0.2, -0.15) is 0 Å². The number of carbonyl (C=O) groups is 1. The molecule has 0 saturated carbocycles. The molecule has 0 amide bonds. The molecule has 0 spiro atoms. The van der Waals surface area contributed by atoms with Gasteiger partial charge in [-0.15, -0.1) is 0 Å². The number of pyridine rings is 1. The molecule has 13 heavy (non-hydrogen) atoms. The standard InChI is InChI=1S/C9H10N2O2/c1-10-8-4-2-7(6-11-8)3-5-9(12)13/h2-6H,1H3,(H,10,11)(H,12,13)/b5-3+. The molecule has 4 heteroatoms. The molecule has 0 unspecified atom stereocenters. The average molecular weight is 178 g/mol. The Morgan fingerprint density at radius 3 is 2.85 bits per heavy atom. The maximum atomic E-state index is 10.2. The summed E-state index contributed by atoms with van der Waals surface area (Å²) in [4.78, 5) is 14.2. The summed E-state index contributed by atoms with van der Waals surface area (Å²) in [7, 11) is 1.77. The minimum atomic E-state index is -0.960.